The molecule has 0 bridgehead atoms. The van der Waals surface area contributed by atoms with Crippen LogP contribution in [0.5, 0.6) is 0 Å². The number of rotatable bonds is 3. The molecule has 3 heteroatoms. The highest BCUT2D eigenvalue weighted by Crippen LogP contribution is 2.45. The van der Waals surface area contributed by atoms with Gasteiger partial charge in [-0.25, -0.2) is 0 Å². The molecule has 2 rings (SSSR count). The van der Waals surface area contributed by atoms with Crippen molar-refractivity contribution in [3.05, 3.63) is 47.0 Å². The second-order valence-corrected chi connectivity index (χ2v) is 5.95. The number of fused-ring (bicyclic) bond motifs is 1. The molecule has 100 valence electrons. The van der Waals surface area contributed by atoms with Crippen molar-refractivity contribution in [2.24, 2.45) is 0 Å². The van der Waals surface area contributed by atoms with Crippen LogP contribution in [0.2, 0.25) is 0 Å². The molecule has 0 saturated heterocycles. The lowest BCUT2D eigenvalue weighted by atomic mass is 10.0. The number of nitrogens with zero attached hydrogens (tertiary/aromatic N) is 1. The second kappa shape index (κ2) is 5.66. The lowest BCUT2D eigenvalue weighted by molar-refractivity contribution is -0.114. The summed E-state index contributed by atoms with van der Waals surface area (Å²) < 4.78 is 0. The first-order valence-corrected chi connectivity index (χ1v) is 7.34. The van der Waals surface area contributed by atoms with Gasteiger partial charge in [-0.1, -0.05) is 49.4 Å². The SMILES string of the molecule is C=C1Sc2ccccc2N1C(=O)C(CCC)=C(C)C. The number of hydrogen-bond donors (Lipinski definition) is 0. The fraction of sp³-hybridized carbons (Fsp3) is 0.312. The number of benzene rings is 1. The molecule has 2 nitrogen and oxygen atoms in total. The number of carbonyl (C=O) groups excluding carboxylic acids is 1. The Kier molecular flexibility index (Phi) is 4.15. The molecule has 1 aliphatic heterocycles. The maximum atomic E-state index is 12.7. The molecule has 0 spiro atoms. The van der Waals surface area contributed by atoms with Gasteiger partial charge in [-0.2, -0.15) is 0 Å². The third-order valence-corrected chi connectivity index (χ3v) is 4.13. The number of anilines is 1. The first-order chi connectivity index (χ1) is 9.06. The average Bonchev–Trinajstić information content (AvgIpc) is 2.70. The second-order valence-electron chi connectivity index (χ2n) is 4.83. The Hall–Kier alpha value is -1.48. The van der Waals surface area contributed by atoms with Gasteiger partial charge in [0.2, 0.25) is 0 Å². The Morgan fingerprint density at radius 1 is 1.32 bits per heavy atom. The molecule has 1 amide bonds. The molecule has 1 heterocycles. The maximum Gasteiger partial charge on any atom is 0.259 e. The summed E-state index contributed by atoms with van der Waals surface area (Å²) in [5.74, 6) is 0.0734. The number of thioether (sulfide) groups is 1. The number of hydrogen-bond acceptors (Lipinski definition) is 2. The van der Waals surface area contributed by atoms with E-state index in [2.05, 4.69) is 13.5 Å². The molecule has 1 aromatic rings. The van der Waals surface area contributed by atoms with E-state index in [4.69, 9.17) is 0 Å². The Labute approximate surface area is 119 Å². The minimum absolute atomic E-state index is 0.0734. The molecule has 0 radical (unpaired) electrons. The van der Waals surface area contributed by atoms with Gasteiger partial charge in [0.05, 0.1) is 10.7 Å². The molecule has 0 fully saturated rings. The van der Waals surface area contributed by atoms with E-state index >= 15 is 0 Å². The third-order valence-electron chi connectivity index (χ3n) is 3.15. The number of para-hydroxylation sites is 1. The summed E-state index contributed by atoms with van der Waals surface area (Å²) in [5.41, 5.74) is 2.95. The molecule has 0 aliphatic carbocycles. The van der Waals surface area contributed by atoms with E-state index in [-0.39, 0.29) is 5.91 Å². The van der Waals surface area contributed by atoms with Gasteiger partial charge in [-0.3, -0.25) is 9.69 Å². The van der Waals surface area contributed by atoms with Crippen molar-refractivity contribution < 1.29 is 4.79 Å². The zero-order valence-electron chi connectivity index (χ0n) is 11.7. The molecular weight excluding hydrogens is 254 g/mol. The van der Waals surface area contributed by atoms with Crippen LogP contribution in [0.15, 0.2) is 51.9 Å². The maximum absolute atomic E-state index is 12.7. The highest BCUT2D eigenvalue weighted by Gasteiger charge is 2.30. The highest BCUT2D eigenvalue weighted by atomic mass is 32.2. The van der Waals surface area contributed by atoms with Crippen molar-refractivity contribution in [1.29, 1.82) is 0 Å². The number of amides is 1. The molecule has 19 heavy (non-hydrogen) atoms. The predicted octanol–water partition coefficient (Wildman–Crippen LogP) is 4.73. The van der Waals surface area contributed by atoms with E-state index in [0.717, 1.165) is 39.6 Å². The summed E-state index contributed by atoms with van der Waals surface area (Å²) in [6.45, 7) is 10.1. The Balaban J connectivity index is 2.39. The lowest BCUT2D eigenvalue weighted by Crippen LogP contribution is -2.28. The van der Waals surface area contributed by atoms with Gasteiger partial charge >= 0.3 is 0 Å². The Morgan fingerprint density at radius 2 is 2.00 bits per heavy atom. The Bertz CT molecular complexity index is 556. The van der Waals surface area contributed by atoms with Crippen LogP contribution >= 0.6 is 11.8 Å². The summed E-state index contributed by atoms with van der Waals surface area (Å²) in [6, 6.07) is 7.95. The van der Waals surface area contributed by atoms with E-state index < -0.39 is 0 Å². The van der Waals surface area contributed by atoms with Crippen LogP contribution in [-0.4, -0.2) is 5.91 Å². The molecule has 1 aromatic carbocycles. The van der Waals surface area contributed by atoms with Crippen molar-refractivity contribution >= 4 is 23.4 Å². The zero-order chi connectivity index (χ0) is 14.0. The summed E-state index contributed by atoms with van der Waals surface area (Å²) in [5, 5.41) is 0.793. The number of allylic oxidation sites excluding steroid dienone is 1. The molecular formula is C16H19NOS. The van der Waals surface area contributed by atoms with Crippen LogP contribution in [0.1, 0.15) is 33.6 Å². The third kappa shape index (κ3) is 2.61. The van der Waals surface area contributed by atoms with Gasteiger partial charge in [0.15, 0.2) is 0 Å². The first-order valence-electron chi connectivity index (χ1n) is 6.52. The van der Waals surface area contributed by atoms with Crippen molar-refractivity contribution in [3.63, 3.8) is 0 Å². The van der Waals surface area contributed by atoms with Crippen molar-refractivity contribution in [2.45, 2.75) is 38.5 Å². The van der Waals surface area contributed by atoms with Crippen LogP contribution < -0.4 is 4.90 Å². The van der Waals surface area contributed by atoms with Crippen LogP contribution in [0.3, 0.4) is 0 Å². The fourth-order valence-electron chi connectivity index (χ4n) is 2.21. The van der Waals surface area contributed by atoms with E-state index in [9.17, 15) is 4.79 Å². The van der Waals surface area contributed by atoms with Gasteiger partial charge in [0, 0.05) is 10.5 Å². The van der Waals surface area contributed by atoms with Gasteiger partial charge in [-0.15, -0.1) is 0 Å². The molecule has 0 saturated carbocycles. The van der Waals surface area contributed by atoms with E-state index in [1.807, 2.05) is 38.1 Å². The first kappa shape index (κ1) is 13.9. The van der Waals surface area contributed by atoms with Gasteiger partial charge in [0.25, 0.3) is 5.91 Å². The molecule has 0 aromatic heterocycles. The van der Waals surface area contributed by atoms with Gasteiger partial charge in [0.1, 0.15) is 0 Å². The summed E-state index contributed by atoms with van der Waals surface area (Å²) in [6.07, 6.45) is 1.79. The van der Waals surface area contributed by atoms with E-state index in [1.165, 1.54) is 0 Å². The van der Waals surface area contributed by atoms with Crippen molar-refractivity contribution in [1.82, 2.24) is 0 Å². The van der Waals surface area contributed by atoms with Crippen molar-refractivity contribution in [3.8, 4) is 0 Å². The topological polar surface area (TPSA) is 20.3 Å². The standard InChI is InChI=1S/C16H19NOS/c1-5-8-13(11(2)3)16(18)17-12(4)19-15-10-7-6-9-14(15)17/h6-7,9-10H,4-5,8H2,1-3H3. The smallest absolute Gasteiger partial charge is 0.259 e. The van der Waals surface area contributed by atoms with Crippen LogP contribution in [0, 0.1) is 0 Å². The fourth-order valence-corrected chi connectivity index (χ4v) is 3.15. The van der Waals surface area contributed by atoms with Crippen LogP contribution in [0.25, 0.3) is 0 Å². The number of carbonyl (C=O) groups is 1. The quantitative estimate of drug-likeness (QED) is 0.742. The summed E-state index contributed by atoms with van der Waals surface area (Å²) >= 11 is 1.56. The average molecular weight is 273 g/mol. The molecule has 0 N–H and O–H groups in total. The van der Waals surface area contributed by atoms with Crippen LogP contribution in [0.4, 0.5) is 5.69 Å². The van der Waals surface area contributed by atoms with E-state index in [1.54, 1.807) is 16.7 Å². The summed E-state index contributed by atoms with van der Waals surface area (Å²) in [7, 11) is 0. The minimum Gasteiger partial charge on any atom is -0.270 e. The molecule has 0 unspecified atom stereocenters. The lowest BCUT2D eigenvalue weighted by Gasteiger charge is -2.20. The Morgan fingerprint density at radius 3 is 2.63 bits per heavy atom. The molecule has 1 aliphatic rings. The zero-order valence-corrected chi connectivity index (χ0v) is 12.5. The summed E-state index contributed by atoms with van der Waals surface area (Å²) in [4.78, 5) is 15.6. The normalized spacial score (nSPS) is 13.4. The van der Waals surface area contributed by atoms with E-state index in [0.29, 0.717) is 0 Å². The highest BCUT2D eigenvalue weighted by molar-refractivity contribution is 8.03. The van der Waals surface area contributed by atoms with Crippen molar-refractivity contribution in [2.75, 3.05) is 4.90 Å². The van der Waals surface area contributed by atoms with Gasteiger partial charge in [-0.05, 0) is 32.4 Å². The predicted molar refractivity (Wildman–Crippen MR) is 82.2 cm³/mol. The molecule has 0 atom stereocenters. The van der Waals surface area contributed by atoms with Gasteiger partial charge < -0.3 is 0 Å². The largest absolute Gasteiger partial charge is 0.270 e. The monoisotopic (exact) mass is 273 g/mol. The minimum atomic E-state index is 0.0734. The van der Waals surface area contributed by atoms with Crippen LogP contribution in [-0.2, 0) is 4.79 Å².